The molecule has 5 aromatic rings. The van der Waals surface area contributed by atoms with Crippen molar-refractivity contribution in [2.24, 2.45) is 0 Å². The summed E-state index contributed by atoms with van der Waals surface area (Å²) in [5.41, 5.74) is 3.71. The second kappa shape index (κ2) is 9.43. The number of aryl methyl sites for hydroxylation is 3. The van der Waals surface area contributed by atoms with Crippen LogP contribution in [0.5, 0.6) is 0 Å². The standard InChI is InChI=1S/C26H25F3N8O/c1-5-36-17(4)19(11-31-36)13-35-14-20(12-30-35)32-25(38)22-10-24-33-21(18-7-6-15(2)16(3)8-18)9-23(26(27,28)29)37(24)34-22/h6-12,14H,5,13H2,1-4H3,(H,32,38). The van der Waals surface area contributed by atoms with Gasteiger partial charge in [-0.2, -0.15) is 28.5 Å². The van der Waals surface area contributed by atoms with E-state index in [1.165, 1.54) is 12.3 Å². The number of nitrogens with one attached hydrogen (secondary N) is 1. The lowest BCUT2D eigenvalue weighted by Crippen LogP contribution is -2.15. The van der Waals surface area contributed by atoms with E-state index in [1.54, 1.807) is 29.2 Å². The van der Waals surface area contributed by atoms with Crippen molar-refractivity contribution in [2.75, 3.05) is 5.32 Å². The molecule has 5 rings (SSSR count). The molecule has 0 spiro atoms. The molecular weight excluding hydrogens is 497 g/mol. The van der Waals surface area contributed by atoms with E-state index in [0.717, 1.165) is 35.0 Å². The molecule has 0 fully saturated rings. The van der Waals surface area contributed by atoms with Gasteiger partial charge >= 0.3 is 6.18 Å². The second-order valence-electron chi connectivity index (χ2n) is 9.07. The minimum Gasteiger partial charge on any atom is -0.318 e. The van der Waals surface area contributed by atoms with Gasteiger partial charge in [-0.05, 0) is 51.0 Å². The molecule has 0 aliphatic rings. The van der Waals surface area contributed by atoms with E-state index in [4.69, 9.17) is 0 Å². The van der Waals surface area contributed by atoms with Gasteiger partial charge in [-0.25, -0.2) is 9.50 Å². The molecule has 0 bridgehead atoms. The quantitative estimate of drug-likeness (QED) is 0.337. The van der Waals surface area contributed by atoms with Crippen LogP contribution in [0.1, 0.15) is 45.5 Å². The molecule has 0 saturated heterocycles. The van der Waals surface area contributed by atoms with Crippen LogP contribution in [0.4, 0.5) is 18.9 Å². The molecule has 196 valence electrons. The number of benzene rings is 1. The molecule has 1 amide bonds. The topological polar surface area (TPSA) is 94.9 Å². The molecule has 12 heteroatoms. The number of carbonyl (C=O) groups excluding carboxylic acids is 1. The van der Waals surface area contributed by atoms with Crippen LogP contribution in [0.15, 0.2) is 48.9 Å². The third kappa shape index (κ3) is 4.76. The van der Waals surface area contributed by atoms with Crippen molar-refractivity contribution in [3.63, 3.8) is 0 Å². The maximum atomic E-state index is 13.9. The number of hydrogen-bond acceptors (Lipinski definition) is 5. The molecule has 0 aliphatic heterocycles. The van der Waals surface area contributed by atoms with E-state index in [-0.39, 0.29) is 17.0 Å². The lowest BCUT2D eigenvalue weighted by atomic mass is 10.0. The zero-order valence-electron chi connectivity index (χ0n) is 21.2. The van der Waals surface area contributed by atoms with Gasteiger partial charge in [0.2, 0.25) is 0 Å². The predicted molar refractivity (Wildman–Crippen MR) is 135 cm³/mol. The summed E-state index contributed by atoms with van der Waals surface area (Å²) in [4.78, 5) is 17.3. The minimum atomic E-state index is -4.71. The highest BCUT2D eigenvalue weighted by Crippen LogP contribution is 2.33. The van der Waals surface area contributed by atoms with Crippen LogP contribution in [0.2, 0.25) is 0 Å². The first-order chi connectivity index (χ1) is 18.0. The summed E-state index contributed by atoms with van der Waals surface area (Å²) in [6, 6.07) is 7.51. The molecule has 4 heterocycles. The van der Waals surface area contributed by atoms with Crippen molar-refractivity contribution in [1.29, 1.82) is 0 Å². The largest absolute Gasteiger partial charge is 0.433 e. The van der Waals surface area contributed by atoms with Crippen LogP contribution in [0.25, 0.3) is 16.9 Å². The number of fused-ring (bicyclic) bond motifs is 1. The highest BCUT2D eigenvalue weighted by atomic mass is 19.4. The third-order valence-corrected chi connectivity index (χ3v) is 6.48. The van der Waals surface area contributed by atoms with Crippen molar-refractivity contribution < 1.29 is 18.0 Å². The molecule has 1 aromatic carbocycles. The van der Waals surface area contributed by atoms with E-state index in [9.17, 15) is 18.0 Å². The first kappa shape index (κ1) is 25.2. The van der Waals surface area contributed by atoms with E-state index >= 15 is 0 Å². The van der Waals surface area contributed by atoms with Crippen LogP contribution in [-0.2, 0) is 19.3 Å². The van der Waals surface area contributed by atoms with E-state index < -0.39 is 17.8 Å². The Morgan fingerprint density at radius 2 is 1.82 bits per heavy atom. The average molecular weight is 523 g/mol. The Kier molecular flexibility index (Phi) is 6.25. The molecule has 0 aliphatic carbocycles. The van der Waals surface area contributed by atoms with Gasteiger partial charge in [-0.1, -0.05) is 12.1 Å². The maximum absolute atomic E-state index is 13.9. The van der Waals surface area contributed by atoms with E-state index in [2.05, 4.69) is 25.6 Å². The number of alkyl halides is 3. The van der Waals surface area contributed by atoms with Crippen LogP contribution in [0, 0.1) is 20.8 Å². The van der Waals surface area contributed by atoms with Crippen LogP contribution >= 0.6 is 0 Å². The van der Waals surface area contributed by atoms with Crippen molar-refractivity contribution >= 4 is 17.2 Å². The summed E-state index contributed by atoms with van der Waals surface area (Å²) in [6.07, 6.45) is 0.158. The SMILES string of the molecule is CCn1ncc(Cn2cc(NC(=O)c3cc4nc(-c5ccc(C)c(C)c5)cc(C(F)(F)F)n4n3)cn2)c1C. The van der Waals surface area contributed by atoms with E-state index in [1.807, 2.05) is 38.4 Å². The van der Waals surface area contributed by atoms with Crippen molar-refractivity contribution in [3.05, 3.63) is 82.7 Å². The van der Waals surface area contributed by atoms with Crippen LogP contribution < -0.4 is 5.32 Å². The molecule has 0 unspecified atom stereocenters. The molecular formula is C26H25F3N8O. The minimum absolute atomic E-state index is 0.0858. The van der Waals surface area contributed by atoms with Crippen LogP contribution in [0.3, 0.4) is 0 Å². The molecule has 0 atom stereocenters. The predicted octanol–water partition coefficient (Wildman–Crippen LogP) is 5.05. The van der Waals surface area contributed by atoms with Crippen molar-refractivity contribution in [3.8, 4) is 11.3 Å². The first-order valence-corrected chi connectivity index (χ1v) is 11.9. The molecule has 1 N–H and O–H groups in total. The Hall–Kier alpha value is -4.48. The number of carbonyl (C=O) groups is 1. The van der Waals surface area contributed by atoms with E-state index in [0.29, 0.717) is 22.3 Å². The maximum Gasteiger partial charge on any atom is 0.433 e. The van der Waals surface area contributed by atoms with Crippen LogP contribution in [-0.4, -0.2) is 40.1 Å². The highest BCUT2D eigenvalue weighted by molar-refractivity contribution is 6.03. The highest BCUT2D eigenvalue weighted by Gasteiger charge is 2.35. The fraction of sp³-hybridized carbons (Fsp3) is 0.269. The number of halogens is 3. The Balaban J connectivity index is 1.42. The molecule has 0 saturated carbocycles. The second-order valence-corrected chi connectivity index (χ2v) is 9.07. The molecule has 9 nitrogen and oxygen atoms in total. The number of amides is 1. The number of nitrogens with zero attached hydrogens (tertiary/aromatic N) is 7. The summed E-state index contributed by atoms with van der Waals surface area (Å²) < 4.78 is 46.0. The lowest BCUT2D eigenvalue weighted by Gasteiger charge is -2.11. The van der Waals surface area contributed by atoms with Gasteiger partial charge in [-0.15, -0.1) is 0 Å². The molecule has 0 radical (unpaired) electrons. The third-order valence-electron chi connectivity index (χ3n) is 6.48. The molecule has 4 aromatic heterocycles. The van der Waals surface area contributed by atoms with Crippen molar-refractivity contribution in [2.45, 2.75) is 47.0 Å². The van der Waals surface area contributed by atoms with Gasteiger partial charge in [0, 0.05) is 35.6 Å². The zero-order chi connectivity index (χ0) is 27.2. The Labute approximate surface area is 215 Å². The first-order valence-electron chi connectivity index (χ1n) is 11.9. The lowest BCUT2D eigenvalue weighted by molar-refractivity contribution is -0.142. The normalized spacial score (nSPS) is 11.9. The summed E-state index contributed by atoms with van der Waals surface area (Å²) >= 11 is 0. The fourth-order valence-electron chi connectivity index (χ4n) is 4.18. The monoisotopic (exact) mass is 522 g/mol. The fourth-order valence-corrected chi connectivity index (χ4v) is 4.18. The van der Waals surface area contributed by atoms with Gasteiger partial charge in [0.15, 0.2) is 17.0 Å². The number of hydrogen-bond donors (Lipinski definition) is 1. The number of anilines is 1. The van der Waals surface area contributed by atoms with Gasteiger partial charge in [0.05, 0.1) is 30.3 Å². The summed E-state index contributed by atoms with van der Waals surface area (Å²) in [5, 5.41) is 15.1. The summed E-state index contributed by atoms with van der Waals surface area (Å²) in [7, 11) is 0. The summed E-state index contributed by atoms with van der Waals surface area (Å²) in [5.74, 6) is -0.675. The van der Waals surface area contributed by atoms with Gasteiger partial charge in [0.25, 0.3) is 5.91 Å². The Morgan fingerprint density at radius 3 is 2.50 bits per heavy atom. The number of aromatic nitrogens is 7. The van der Waals surface area contributed by atoms with Gasteiger partial charge in [-0.3, -0.25) is 14.2 Å². The van der Waals surface area contributed by atoms with Gasteiger partial charge < -0.3 is 5.32 Å². The zero-order valence-corrected chi connectivity index (χ0v) is 21.2. The molecule has 38 heavy (non-hydrogen) atoms. The number of rotatable bonds is 6. The summed E-state index contributed by atoms with van der Waals surface area (Å²) in [6.45, 7) is 8.98. The average Bonchev–Trinajstić information content (AvgIpc) is 3.58. The smallest absolute Gasteiger partial charge is 0.318 e. The Bertz CT molecular complexity index is 1660. The van der Waals surface area contributed by atoms with Gasteiger partial charge in [0.1, 0.15) is 0 Å². The van der Waals surface area contributed by atoms with Crippen molar-refractivity contribution in [1.82, 2.24) is 34.2 Å². The Morgan fingerprint density at radius 1 is 1.03 bits per heavy atom.